The Morgan fingerprint density at radius 3 is 2.12 bits per heavy atom. The average molecular weight is 242 g/mol. The number of ether oxygens (including phenoxy) is 1. The van der Waals surface area contributed by atoms with Crippen LogP contribution in [0.4, 0.5) is 33.3 Å². The number of hydrogen-bond acceptors (Lipinski definition) is 3. The topological polar surface area (TPSA) is 61.3 Å². The van der Waals surface area contributed by atoms with Crippen LogP contribution >= 0.6 is 0 Å². The second-order valence-corrected chi connectivity index (χ2v) is 2.88. The van der Waals surface area contributed by atoms with Gasteiger partial charge in [0.25, 0.3) is 0 Å². The van der Waals surface area contributed by atoms with Gasteiger partial charge in [0.05, 0.1) is 11.4 Å². The monoisotopic (exact) mass is 242 g/mol. The molecule has 3 nitrogen and oxygen atoms in total. The average Bonchev–Trinajstić information content (AvgIpc) is 2.13. The largest absolute Gasteiger partial charge is 0.461 e. The molecule has 0 aliphatic rings. The third-order valence-corrected chi connectivity index (χ3v) is 1.64. The van der Waals surface area contributed by atoms with E-state index >= 15 is 0 Å². The van der Waals surface area contributed by atoms with Crippen molar-refractivity contribution in [3.63, 3.8) is 0 Å². The molecular weight excluding hydrogens is 235 g/mol. The Labute approximate surface area is 86.8 Å². The molecule has 0 amide bonds. The van der Waals surface area contributed by atoms with E-state index in [9.17, 15) is 22.0 Å². The molecule has 0 aliphatic carbocycles. The van der Waals surface area contributed by atoms with Crippen molar-refractivity contribution < 1.29 is 26.7 Å². The first-order chi connectivity index (χ1) is 7.24. The van der Waals surface area contributed by atoms with Crippen molar-refractivity contribution in [2.24, 2.45) is 0 Å². The molecule has 16 heavy (non-hydrogen) atoms. The van der Waals surface area contributed by atoms with E-state index in [0.29, 0.717) is 12.1 Å². The van der Waals surface area contributed by atoms with Crippen LogP contribution in [0.2, 0.25) is 0 Å². The minimum Gasteiger partial charge on any atom is -0.425 e. The summed E-state index contributed by atoms with van der Waals surface area (Å²) in [4.78, 5) is 0. The van der Waals surface area contributed by atoms with Crippen LogP contribution in [-0.2, 0) is 0 Å². The Hall–Kier alpha value is -1.73. The highest BCUT2D eigenvalue weighted by Crippen LogP contribution is 2.32. The fourth-order valence-corrected chi connectivity index (χ4v) is 0.854. The van der Waals surface area contributed by atoms with Gasteiger partial charge in [0.15, 0.2) is 11.6 Å². The van der Waals surface area contributed by atoms with Crippen molar-refractivity contribution in [2.45, 2.75) is 12.5 Å². The summed E-state index contributed by atoms with van der Waals surface area (Å²) in [6.45, 7) is 0. The molecule has 0 spiro atoms. The smallest absolute Gasteiger partial charge is 0.425 e. The predicted molar refractivity (Wildman–Crippen MR) is 46.8 cm³/mol. The number of rotatable bonds is 3. The van der Waals surface area contributed by atoms with E-state index in [1.54, 1.807) is 0 Å². The zero-order valence-corrected chi connectivity index (χ0v) is 7.68. The van der Waals surface area contributed by atoms with Crippen LogP contribution in [0, 0.1) is 5.82 Å². The van der Waals surface area contributed by atoms with E-state index in [0.717, 1.165) is 0 Å². The first kappa shape index (κ1) is 12.3. The molecule has 0 atom stereocenters. The SMILES string of the molecule is Nc1cc(F)c(OC(F)(F)C(F)F)cc1N. The maximum atomic E-state index is 13.0. The molecule has 0 saturated heterocycles. The summed E-state index contributed by atoms with van der Waals surface area (Å²) >= 11 is 0. The molecule has 0 unspecified atom stereocenters. The van der Waals surface area contributed by atoms with E-state index in [4.69, 9.17) is 11.5 Å². The van der Waals surface area contributed by atoms with Crippen LogP contribution < -0.4 is 16.2 Å². The van der Waals surface area contributed by atoms with Crippen molar-refractivity contribution in [1.82, 2.24) is 0 Å². The third kappa shape index (κ3) is 2.44. The molecule has 90 valence electrons. The van der Waals surface area contributed by atoms with Crippen LogP contribution in [-0.4, -0.2) is 12.5 Å². The highest BCUT2D eigenvalue weighted by Gasteiger charge is 2.44. The quantitative estimate of drug-likeness (QED) is 0.631. The summed E-state index contributed by atoms with van der Waals surface area (Å²) in [6.07, 6.45) is -8.87. The molecule has 1 aromatic rings. The van der Waals surface area contributed by atoms with Gasteiger partial charge in [0.1, 0.15) is 0 Å². The molecule has 0 fully saturated rings. The molecule has 4 N–H and O–H groups in total. The molecule has 0 radical (unpaired) electrons. The summed E-state index contributed by atoms with van der Waals surface area (Å²) in [5.41, 5.74) is 9.89. The summed E-state index contributed by atoms with van der Waals surface area (Å²) in [5, 5.41) is 0. The highest BCUT2D eigenvalue weighted by atomic mass is 19.3. The number of benzene rings is 1. The lowest BCUT2D eigenvalue weighted by Gasteiger charge is -2.17. The van der Waals surface area contributed by atoms with Gasteiger partial charge >= 0.3 is 12.5 Å². The number of hydrogen-bond donors (Lipinski definition) is 2. The van der Waals surface area contributed by atoms with E-state index in [1.165, 1.54) is 0 Å². The molecule has 1 rings (SSSR count). The fourth-order valence-electron chi connectivity index (χ4n) is 0.854. The predicted octanol–water partition coefficient (Wildman–Crippen LogP) is 2.23. The third-order valence-electron chi connectivity index (χ3n) is 1.64. The fraction of sp³-hybridized carbons (Fsp3) is 0.250. The van der Waals surface area contributed by atoms with E-state index in [2.05, 4.69) is 4.74 Å². The van der Waals surface area contributed by atoms with Crippen molar-refractivity contribution in [3.8, 4) is 5.75 Å². The zero-order valence-electron chi connectivity index (χ0n) is 7.68. The van der Waals surface area contributed by atoms with Gasteiger partial charge in [-0.15, -0.1) is 0 Å². The van der Waals surface area contributed by atoms with Crippen LogP contribution in [0.3, 0.4) is 0 Å². The van der Waals surface area contributed by atoms with Gasteiger partial charge in [-0.05, 0) is 0 Å². The van der Waals surface area contributed by atoms with Crippen LogP contribution in [0.25, 0.3) is 0 Å². The molecule has 0 bridgehead atoms. The lowest BCUT2D eigenvalue weighted by Crippen LogP contribution is -2.33. The lowest BCUT2D eigenvalue weighted by atomic mass is 10.2. The Kier molecular flexibility index (Phi) is 3.11. The standard InChI is InChI=1S/C8H7F5N2O/c9-3-1-4(14)5(15)2-6(3)16-8(12,13)7(10)11/h1-2,7H,14-15H2. The number of nitrogen functional groups attached to an aromatic ring is 2. The van der Waals surface area contributed by atoms with Crippen molar-refractivity contribution in [2.75, 3.05) is 11.5 Å². The van der Waals surface area contributed by atoms with E-state index in [1.807, 2.05) is 0 Å². The van der Waals surface area contributed by atoms with E-state index < -0.39 is 24.1 Å². The Morgan fingerprint density at radius 2 is 1.62 bits per heavy atom. The van der Waals surface area contributed by atoms with Gasteiger partial charge in [-0.3, -0.25) is 0 Å². The van der Waals surface area contributed by atoms with Crippen molar-refractivity contribution >= 4 is 11.4 Å². The second kappa shape index (κ2) is 4.03. The number of alkyl halides is 4. The van der Waals surface area contributed by atoms with Crippen LogP contribution in [0.1, 0.15) is 0 Å². The number of nitrogens with two attached hydrogens (primary N) is 2. The Bertz CT molecular complexity index is 396. The van der Waals surface area contributed by atoms with Gasteiger partial charge in [-0.1, -0.05) is 0 Å². The number of anilines is 2. The minimum atomic E-state index is -4.79. The maximum Gasteiger partial charge on any atom is 0.461 e. The molecule has 0 heterocycles. The normalized spacial score (nSPS) is 11.9. The first-order valence-corrected chi connectivity index (χ1v) is 3.93. The first-order valence-electron chi connectivity index (χ1n) is 3.93. The molecule has 0 aliphatic heterocycles. The molecule has 0 saturated carbocycles. The summed E-state index contributed by atoms with van der Waals surface area (Å²) in [5.74, 6) is -2.39. The molecular formula is C8H7F5N2O. The second-order valence-electron chi connectivity index (χ2n) is 2.88. The van der Waals surface area contributed by atoms with Gasteiger partial charge in [-0.2, -0.15) is 17.6 Å². The Morgan fingerprint density at radius 1 is 1.12 bits per heavy atom. The number of halogens is 5. The highest BCUT2D eigenvalue weighted by molar-refractivity contribution is 5.65. The van der Waals surface area contributed by atoms with Gasteiger partial charge in [-0.25, -0.2) is 4.39 Å². The van der Waals surface area contributed by atoms with Crippen LogP contribution in [0.5, 0.6) is 5.75 Å². The molecule has 8 heteroatoms. The van der Waals surface area contributed by atoms with Gasteiger partial charge in [0.2, 0.25) is 0 Å². The lowest BCUT2D eigenvalue weighted by molar-refractivity contribution is -0.254. The molecule has 0 aromatic heterocycles. The van der Waals surface area contributed by atoms with Crippen molar-refractivity contribution in [3.05, 3.63) is 17.9 Å². The Balaban J connectivity index is 3.02. The summed E-state index contributed by atoms with van der Waals surface area (Å²) < 4.78 is 64.9. The minimum absolute atomic E-state index is 0.204. The summed E-state index contributed by atoms with van der Waals surface area (Å²) in [7, 11) is 0. The van der Waals surface area contributed by atoms with Gasteiger partial charge < -0.3 is 16.2 Å². The van der Waals surface area contributed by atoms with Crippen molar-refractivity contribution in [1.29, 1.82) is 0 Å². The summed E-state index contributed by atoms with van der Waals surface area (Å²) in [6, 6.07) is 1.22. The van der Waals surface area contributed by atoms with E-state index in [-0.39, 0.29) is 11.4 Å². The maximum absolute atomic E-state index is 13.0. The zero-order chi connectivity index (χ0) is 12.5. The molecule has 1 aromatic carbocycles. The van der Waals surface area contributed by atoms with Gasteiger partial charge in [0, 0.05) is 12.1 Å². The van der Waals surface area contributed by atoms with Crippen LogP contribution in [0.15, 0.2) is 12.1 Å².